The number of nitrogens with one attached hydrogen (secondary N) is 1. The smallest absolute Gasteiger partial charge is 0.343 e. The molecule has 1 rings (SSSR count). The Morgan fingerprint density at radius 2 is 2.35 bits per heavy atom. The Labute approximate surface area is 103 Å². The second-order valence-electron chi connectivity index (χ2n) is 3.13. The number of rotatable bonds is 7. The quantitative estimate of drug-likeness (QED) is 0.329. The third-order valence-electron chi connectivity index (χ3n) is 1.84. The van der Waals surface area contributed by atoms with Gasteiger partial charge in [-0.1, -0.05) is 18.7 Å². The molecule has 0 amide bonds. The molecule has 0 radical (unpaired) electrons. The van der Waals surface area contributed by atoms with Gasteiger partial charge in [-0.3, -0.25) is 10.1 Å². The van der Waals surface area contributed by atoms with Gasteiger partial charge in [-0.15, -0.1) is 0 Å². The van der Waals surface area contributed by atoms with E-state index >= 15 is 0 Å². The third kappa shape index (κ3) is 3.82. The molecule has 1 aromatic rings. The second-order valence-corrected chi connectivity index (χ2v) is 4.22. The van der Waals surface area contributed by atoms with Crippen molar-refractivity contribution in [3.8, 4) is 0 Å². The Morgan fingerprint density at radius 3 is 2.94 bits per heavy atom. The number of anilines is 1. The van der Waals surface area contributed by atoms with Gasteiger partial charge in [-0.2, -0.15) is 0 Å². The maximum atomic E-state index is 11.0. The number of hydrogen-bond acceptors (Lipinski definition) is 7. The van der Waals surface area contributed by atoms with Crippen molar-refractivity contribution in [2.24, 2.45) is 0 Å². The second kappa shape index (κ2) is 7.02. The molecular formula is C9H14N4O3S. The molecule has 17 heavy (non-hydrogen) atoms. The van der Waals surface area contributed by atoms with Gasteiger partial charge in [0.05, 0.1) is 11.5 Å². The van der Waals surface area contributed by atoms with Crippen LogP contribution in [0, 0.1) is 10.1 Å². The van der Waals surface area contributed by atoms with Crippen molar-refractivity contribution in [2.45, 2.75) is 18.4 Å². The average molecular weight is 258 g/mol. The molecule has 7 nitrogen and oxygen atoms in total. The van der Waals surface area contributed by atoms with Crippen molar-refractivity contribution in [3.63, 3.8) is 0 Å². The van der Waals surface area contributed by atoms with E-state index in [0.29, 0.717) is 12.3 Å². The number of thioether (sulfide) groups is 1. The molecule has 0 aliphatic rings. The molecule has 0 aromatic carbocycles. The average Bonchev–Trinajstić information content (AvgIpc) is 2.33. The first-order valence-corrected chi connectivity index (χ1v) is 6.16. The maximum Gasteiger partial charge on any atom is 0.343 e. The van der Waals surface area contributed by atoms with Crippen molar-refractivity contribution < 1.29 is 10.0 Å². The van der Waals surface area contributed by atoms with Crippen LogP contribution in [0.3, 0.4) is 0 Å². The fourth-order valence-electron chi connectivity index (χ4n) is 1.15. The summed E-state index contributed by atoms with van der Waals surface area (Å²) in [5.41, 5.74) is -0.126. The number of nitro groups is 1. The standard InChI is InChI=1S/C9H14N4O3S/c1-2-3-10-8-7(13(15)16)9(12-6-11-8)17-5-4-14/h6,14H,2-5H2,1H3,(H,10,11,12). The highest BCUT2D eigenvalue weighted by molar-refractivity contribution is 7.99. The fourth-order valence-corrected chi connectivity index (χ4v) is 1.86. The van der Waals surface area contributed by atoms with Gasteiger partial charge >= 0.3 is 5.69 Å². The summed E-state index contributed by atoms with van der Waals surface area (Å²) in [6.07, 6.45) is 2.13. The van der Waals surface area contributed by atoms with Crippen LogP contribution in [-0.4, -0.2) is 38.9 Å². The van der Waals surface area contributed by atoms with Crippen LogP contribution in [0.4, 0.5) is 11.5 Å². The summed E-state index contributed by atoms with van der Waals surface area (Å²) in [4.78, 5) is 18.2. The molecule has 0 fully saturated rings. The van der Waals surface area contributed by atoms with E-state index in [1.165, 1.54) is 6.33 Å². The number of aliphatic hydroxyl groups excluding tert-OH is 1. The predicted molar refractivity (Wildman–Crippen MR) is 65.3 cm³/mol. The molecule has 0 aliphatic carbocycles. The molecule has 0 atom stereocenters. The van der Waals surface area contributed by atoms with Gasteiger partial charge in [0.25, 0.3) is 0 Å². The first-order chi connectivity index (χ1) is 8.20. The summed E-state index contributed by atoms with van der Waals surface area (Å²) >= 11 is 1.14. The number of nitrogens with zero attached hydrogens (tertiary/aromatic N) is 3. The highest BCUT2D eigenvalue weighted by Crippen LogP contribution is 2.31. The van der Waals surface area contributed by atoms with Crippen LogP contribution in [0.15, 0.2) is 11.4 Å². The van der Waals surface area contributed by atoms with E-state index in [0.717, 1.165) is 18.2 Å². The molecule has 94 valence electrons. The summed E-state index contributed by atoms with van der Waals surface area (Å²) in [6, 6.07) is 0. The van der Waals surface area contributed by atoms with E-state index in [2.05, 4.69) is 15.3 Å². The normalized spacial score (nSPS) is 10.2. The van der Waals surface area contributed by atoms with Crippen molar-refractivity contribution >= 4 is 23.3 Å². The van der Waals surface area contributed by atoms with Gasteiger partial charge in [0.1, 0.15) is 6.33 Å². The summed E-state index contributed by atoms with van der Waals surface area (Å²) < 4.78 is 0. The van der Waals surface area contributed by atoms with Crippen molar-refractivity contribution in [1.82, 2.24) is 9.97 Å². The summed E-state index contributed by atoms with van der Waals surface area (Å²) in [5.74, 6) is 0.595. The first kappa shape index (κ1) is 13.7. The van der Waals surface area contributed by atoms with Crippen LogP contribution in [0.25, 0.3) is 0 Å². The Balaban J connectivity index is 2.99. The Hall–Kier alpha value is -1.41. The monoisotopic (exact) mass is 258 g/mol. The SMILES string of the molecule is CCCNc1ncnc(SCCO)c1[N+](=O)[O-]. The Morgan fingerprint density at radius 1 is 1.59 bits per heavy atom. The Bertz CT molecular complexity index is 362. The molecule has 0 spiro atoms. The van der Waals surface area contributed by atoms with Crippen LogP contribution in [0.1, 0.15) is 13.3 Å². The zero-order chi connectivity index (χ0) is 12.7. The minimum absolute atomic E-state index is 0.0520. The third-order valence-corrected chi connectivity index (χ3v) is 2.80. The highest BCUT2D eigenvalue weighted by Gasteiger charge is 2.22. The van der Waals surface area contributed by atoms with Gasteiger partial charge < -0.3 is 10.4 Å². The Kier molecular flexibility index (Phi) is 5.64. The van der Waals surface area contributed by atoms with E-state index < -0.39 is 4.92 Å². The lowest BCUT2D eigenvalue weighted by Crippen LogP contribution is -2.07. The van der Waals surface area contributed by atoms with Crippen molar-refractivity contribution in [1.29, 1.82) is 0 Å². The minimum Gasteiger partial charge on any atom is -0.396 e. The predicted octanol–water partition coefficient (Wildman–Crippen LogP) is 1.29. The van der Waals surface area contributed by atoms with E-state index in [4.69, 9.17) is 5.11 Å². The molecule has 1 heterocycles. The van der Waals surface area contributed by atoms with Gasteiger partial charge in [0.15, 0.2) is 5.03 Å². The van der Waals surface area contributed by atoms with E-state index in [-0.39, 0.29) is 23.1 Å². The zero-order valence-electron chi connectivity index (χ0n) is 9.42. The number of hydrogen-bond donors (Lipinski definition) is 2. The molecule has 0 unspecified atom stereocenters. The molecule has 1 aromatic heterocycles. The van der Waals surface area contributed by atoms with Gasteiger partial charge in [-0.05, 0) is 6.42 Å². The maximum absolute atomic E-state index is 11.0. The number of aliphatic hydroxyl groups is 1. The molecule has 0 aliphatic heterocycles. The van der Waals surface area contributed by atoms with Crippen molar-refractivity contribution in [2.75, 3.05) is 24.2 Å². The van der Waals surface area contributed by atoms with Crippen molar-refractivity contribution in [3.05, 3.63) is 16.4 Å². The molecule has 0 bridgehead atoms. The molecule has 0 saturated carbocycles. The summed E-state index contributed by atoms with van der Waals surface area (Å²) in [7, 11) is 0. The lowest BCUT2D eigenvalue weighted by Gasteiger charge is -2.06. The zero-order valence-corrected chi connectivity index (χ0v) is 10.2. The lowest BCUT2D eigenvalue weighted by atomic mass is 10.4. The first-order valence-electron chi connectivity index (χ1n) is 5.17. The summed E-state index contributed by atoms with van der Waals surface area (Å²) in [5, 5.41) is 22.9. The molecule has 0 saturated heterocycles. The van der Waals surface area contributed by atoms with E-state index in [1.54, 1.807) is 0 Å². The van der Waals surface area contributed by atoms with E-state index in [1.807, 2.05) is 6.92 Å². The van der Waals surface area contributed by atoms with Crippen LogP contribution >= 0.6 is 11.8 Å². The minimum atomic E-state index is -0.502. The lowest BCUT2D eigenvalue weighted by molar-refractivity contribution is -0.387. The topological polar surface area (TPSA) is 101 Å². The van der Waals surface area contributed by atoms with E-state index in [9.17, 15) is 10.1 Å². The van der Waals surface area contributed by atoms with Gasteiger partial charge in [0.2, 0.25) is 5.82 Å². The van der Waals surface area contributed by atoms with Crippen LogP contribution in [0.2, 0.25) is 0 Å². The van der Waals surface area contributed by atoms with Gasteiger partial charge in [0, 0.05) is 12.3 Å². The fraction of sp³-hybridized carbons (Fsp3) is 0.556. The van der Waals surface area contributed by atoms with Crippen LogP contribution in [-0.2, 0) is 0 Å². The van der Waals surface area contributed by atoms with Crippen LogP contribution in [0.5, 0.6) is 0 Å². The molecule has 8 heteroatoms. The number of aromatic nitrogens is 2. The molecule has 2 N–H and O–H groups in total. The van der Waals surface area contributed by atoms with Crippen LogP contribution < -0.4 is 5.32 Å². The molecular weight excluding hydrogens is 244 g/mol. The van der Waals surface area contributed by atoms with Gasteiger partial charge in [-0.25, -0.2) is 9.97 Å². The largest absolute Gasteiger partial charge is 0.396 e. The highest BCUT2D eigenvalue weighted by atomic mass is 32.2. The summed E-state index contributed by atoms with van der Waals surface area (Å²) in [6.45, 7) is 2.52.